The summed E-state index contributed by atoms with van der Waals surface area (Å²) >= 11 is 0. The number of hydrogen-bond donors (Lipinski definition) is 2. The third-order valence-electron chi connectivity index (χ3n) is 2.10. The van der Waals surface area contributed by atoms with E-state index in [9.17, 15) is 8.42 Å². The van der Waals surface area contributed by atoms with E-state index < -0.39 is 9.84 Å². The maximum Gasteiger partial charge on any atom is 0.147 e. The number of rotatable bonds is 8. The van der Waals surface area contributed by atoms with E-state index in [1.165, 1.54) is 6.26 Å². The summed E-state index contributed by atoms with van der Waals surface area (Å²) in [6.45, 7) is 2.92. The average molecular weight is 223 g/mol. The van der Waals surface area contributed by atoms with Gasteiger partial charge in [-0.05, 0) is 25.8 Å². The Balaban J connectivity index is 3.52. The van der Waals surface area contributed by atoms with Gasteiger partial charge in [-0.1, -0.05) is 6.92 Å². The molecule has 0 saturated heterocycles. The minimum atomic E-state index is -2.83. The summed E-state index contributed by atoms with van der Waals surface area (Å²) in [6, 6.07) is 0.305. The van der Waals surface area contributed by atoms with Crippen LogP contribution >= 0.6 is 0 Å². The molecule has 0 heterocycles. The monoisotopic (exact) mass is 223 g/mol. The summed E-state index contributed by atoms with van der Waals surface area (Å²) in [6.07, 6.45) is 3.58. The Kier molecular flexibility index (Phi) is 7.13. The van der Waals surface area contributed by atoms with Crippen LogP contribution in [-0.2, 0) is 9.84 Å². The summed E-state index contributed by atoms with van der Waals surface area (Å²) in [5.41, 5.74) is 0. The molecule has 0 aliphatic carbocycles. The Bertz CT molecular complexity index is 226. The number of hydrogen-bond acceptors (Lipinski definition) is 4. The van der Waals surface area contributed by atoms with Gasteiger partial charge in [-0.15, -0.1) is 0 Å². The molecular formula is C9H21NO3S. The molecular weight excluding hydrogens is 202 g/mol. The topological polar surface area (TPSA) is 66.4 Å². The summed E-state index contributed by atoms with van der Waals surface area (Å²) < 4.78 is 21.6. The molecule has 0 aliphatic heterocycles. The van der Waals surface area contributed by atoms with Crippen molar-refractivity contribution in [1.82, 2.24) is 5.32 Å². The van der Waals surface area contributed by atoms with Gasteiger partial charge in [-0.25, -0.2) is 8.42 Å². The van der Waals surface area contributed by atoms with Gasteiger partial charge in [0.05, 0.1) is 5.75 Å². The molecule has 0 spiro atoms. The Hall–Kier alpha value is -0.130. The lowest BCUT2D eigenvalue weighted by atomic mass is 10.1. The Morgan fingerprint density at radius 3 is 2.50 bits per heavy atom. The van der Waals surface area contributed by atoms with E-state index >= 15 is 0 Å². The predicted molar refractivity (Wildman–Crippen MR) is 58.1 cm³/mol. The maximum absolute atomic E-state index is 10.8. The Morgan fingerprint density at radius 1 is 1.43 bits per heavy atom. The van der Waals surface area contributed by atoms with Gasteiger partial charge in [0, 0.05) is 18.9 Å². The lowest BCUT2D eigenvalue weighted by Crippen LogP contribution is -2.31. The van der Waals surface area contributed by atoms with Crippen molar-refractivity contribution >= 4 is 9.84 Å². The van der Waals surface area contributed by atoms with Crippen molar-refractivity contribution in [3.05, 3.63) is 0 Å². The predicted octanol–water partition coefficient (Wildman–Crippen LogP) is 0.172. The molecule has 0 radical (unpaired) electrons. The summed E-state index contributed by atoms with van der Waals surface area (Å²) in [5.74, 6) is 0.232. The molecule has 1 atom stereocenters. The van der Waals surface area contributed by atoms with Gasteiger partial charge < -0.3 is 10.4 Å². The van der Waals surface area contributed by atoms with Crippen molar-refractivity contribution in [2.24, 2.45) is 0 Å². The van der Waals surface area contributed by atoms with E-state index in [1.807, 2.05) is 6.92 Å². The molecule has 2 N–H and O–H groups in total. The fourth-order valence-corrected chi connectivity index (χ4v) is 1.92. The fraction of sp³-hybridized carbons (Fsp3) is 1.00. The number of sulfone groups is 1. The lowest BCUT2D eigenvalue weighted by Gasteiger charge is -2.15. The standard InChI is InChI=1S/C9H21NO3S/c1-3-9(5-7-11)10-6-4-8-14(2,12)13/h9-11H,3-8H2,1-2H3. The Morgan fingerprint density at radius 2 is 2.07 bits per heavy atom. The van der Waals surface area contributed by atoms with Crippen molar-refractivity contribution in [3.8, 4) is 0 Å². The van der Waals surface area contributed by atoms with Gasteiger partial charge in [0.2, 0.25) is 0 Å². The van der Waals surface area contributed by atoms with Gasteiger partial charge in [-0.2, -0.15) is 0 Å². The van der Waals surface area contributed by atoms with Gasteiger partial charge in [0.15, 0.2) is 0 Å². The summed E-state index contributed by atoms with van der Waals surface area (Å²) in [7, 11) is -2.83. The minimum absolute atomic E-state index is 0.178. The van der Waals surface area contributed by atoms with Crippen molar-refractivity contribution < 1.29 is 13.5 Å². The highest BCUT2D eigenvalue weighted by Crippen LogP contribution is 1.96. The quantitative estimate of drug-likeness (QED) is 0.576. The van der Waals surface area contributed by atoms with E-state index in [2.05, 4.69) is 5.32 Å². The highest BCUT2D eigenvalue weighted by atomic mass is 32.2. The van der Waals surface area contributed by atoms with Crippen LogP contribution < -0.4 is 5.32 Å². The lowest BCUT2D eigenvalue weighted by molar-refractivity contribution is 0.262. The number of aliphatic hydroxyl groups is 1. The highest BCUT2D eigenvalue weighted by molar-refractivity contribution is 7.90. The molecule has 86 valence electrons. The molecule has 5 heteroatoms. The summed E-state index contributed by atoms with van der Waals surface area (Å²) in [5, 5.41) is 11.9. The van der Waals surface area contributed by atoms with E-state index in [4.69, 9.17) is 5.11 Å². The third kappa shape index (κ3) is 8.47. The normalized spacial score (nSPS) is 14.2. The first kappa shape index (κ1) is 13.9. The largest absolute Gasteiger partial charge is 0.396 e. The molecule has 0 fully saturated rings. The van der Waals surface area contributed by atoms with Crippen LogP contribution in [0.3, 0.4) is 0 Å². The maximum atomic E-state index is 10.8. The number of nitrogens with one attached hydrogen (secondary N) is 1. The van der Waals surface area contributed by atoms with Crippen molar-refractivity contribution in [3.63, 3.8) is 0 Å². The molecule has 4 nitrogen and oxygen atoms in total. The van der Waals surface area contributed by atoms with Crippen LogP contribution in [0.15, 0.2) is 0 Å². The second kappa shape index (κ2) is 7.20. The van der Waals surface area contributed by atoms with Gasteiger partial charge in [0.1, 0.15) is 9.84 Å². The van der Waals surface area contributed by atoms with Crippen LogP contribution in [0.1, 0.15) is 26.2 Å². The zero-order valence-corrected chi connectivity index (χ0v) is 9.81. The second-order valence-electron chi connectivity index (χ2n) is 3.56. The van der Waals surface area contributed by atoms with Crippen LogP contribution in [0.25, 0.3) is 0 Å². The minimum Gasteiger partial charge on any atom is -0.396 e. The van der Waals surface area contributed by atoms with Crippen LogP contribution in [-0.4, -0.2) is 44.7 Å². The molecule has 0 aliphatic rings. The Labute approximate surface area is 86.6 Å². The first-order chi connectivity index (χ1) is 6.49. The molecule has 1 unspecified atom stereocenters. The molecule has 0 aromatic carbocycles. The van der Waals surface area contributed by atoms with Crippen LogP contribution in [0.5, 0.6) is 0 Å². The van der Waals surface area contributed by atoms with Gasteiger partial charge in [0.25, 0.3) is 0 Å². The molecule has 0 amide bonds. The van der Waals surface area contributed by atoms with Gasteiger partial charge >= 0.3 is 0 Å². The smallest absolute Gasteiger partial charge is 0.147 e. The fourth-order valence-electron chi connectivity index (χ4n) is 1.25. The molecule has 0 aromatic rings. The highest BCUT2D eigenvalue weighted by Gasteiger charge is 2.05. The van der Waals surface area contributed by atoms with Crippen molar-refractivity contribution in [2.75, 3.05) is 25.2 Å². The van der Waals surface area contributed by atoms with Crippen molar-refractivity contribution in [1.29, 1.82) is 0 Å². The van der Waals surface area contributed by atoms with Crippen LogP contribution in [0, 0.1) is 0 Å². The van der Waals surface area contributed by atoms with E-state index in [1.54, 1.807) is 0 Å². The molecule has 14 heavy (non-hydrogen) atoms. The first-order valence-corrected chi connectivity index (χ1v) is 7.07. The van der Waals surface area contributed by atoms with Crippen LogP contribution in [0.4, 0.5) is 0 Å². The van der Waals surface area contributed by atoms with Crippen LogP contribution in [0.2, 0.25) is 0 Å². The van der Waals surface area contributed by atoms with E-state index in [0.717, 1.165) is 12.8 Å². The zero-order chi connectivity index (χ0) is 11.0. The second-order valence-corrected chi connectivity index (χ2v) is 5.81. The van der Waals surface area contributed by atoms with Gasteiger partial charge in [-0.3, -0.25) is 0 Å². The van der Waals surface area contributed by atoms with E-state index in [0.29, 0.717) is 19.0 Å². The SMILES string of the molecule is CCC(CCO)NCCCS(C)(=O)=O. The molecule has 0 bridgehead atoms. The molecule has 0 aromatic heterocycles. The number of aliphatic hydroxyl groups excluding tert-OH is 1. The molecule has 0 saturated carbocycles. The zero-order valence-electron chi connectivity index (χ0n) is 8.99. The average Bonchev–Trinajstić information content (AvgIpc) is 2.08. The molecule has 0 rings (SSSR count). The third-order valence-corrected chi connectivity index (χ3v) is 3.13. The van der Waals surface area contributed by atoms with E-state index in [-0.39, 0.29) is 12.4 Å². The first-order valence-electron chi connectivity index (χ1n) is 5.01. The van der Waals surface area contributed by atoms with Crippen molar-refractivity contribution in [2.45, 2.75) is 32.2 Å². The summed E-state index contributed by atoms with van der Waals surface area (Å²) in [4.78, 5) is 0.